The topological polar surface area (TPSA) is 46.6 Å². The Hall–Kier alpha value is -1.57. The van der Waals surface area contributed by atoms with E-state index in [0.717, 1.165) is 42.0 Å². The maximum absolute atomic E-state index is 12.8. The molecule has 1 heterocycles. The van der Waals surface area contributed by atoms with Gasteiger partial charge in [0.2, 0.25) is 0 Å². The molecule has 1 fully saturated rings. The first-order chi connectivity index (χ1) is 11.6. The predicted octanol–water partition coefficient (Wildman–Crippen LogP) is 2.90. The molecule has 0 amide bonds. The van der Waals surface area contributed by atoms with Crippen LogP contribution in [0.3, 0.4) is 0 Å². The number of hydrogen-bond donors (Lipinski definition) is 0. The minimum absolute atomic E-state index is 0.0557. The molecule has 2 aromatic rings. The SMILES string of the molecule is O=C1c2ccccc2C(=O)c2cc(CN3CCOCC3)c(I)cc21. The average Bonchev–Trinajstić information content (AvgIpc) is 2.62. The molecule has 0 saturated carbocycles. The molecule has 4 rings (SSSR count). The molecule has 4 nitrogen and oxygen atoms in total. The highest BCUT2D eigenvalue weighted by molar-refractivity contribution is 14.1. The van der Waals surface area contributed by atoms with E-state index in [9.17, 15) is 9.59 Å². The zero-order valence-corrected chi connectivity index (χ0v) is 15.2. The first kappa shape index (κ1) is 15.9. The van der Waals surface area contributed by atoms with E-state index in [-0.39, 0.29) is 11.6 Å². The van der Waals surface area contributed by atoms with Crippen molar-refractivity contribution < 1.29 is 14.3 Å². The largest absolute Gasteiger partial charge is 0.379 e. The van der Waals surface area contributed by atoms with Gasteiger partial charge >= 0.3 is 0 Å². The highest BCUT2D eigenvalue weighted by atomic mass is 127. The minimum atomic E-state index is -0.0592. The Bertz CT molecular complexity index is 841. The number of benzene rings is 2. The molecule has 0 aromatic heterocycles. The lowest BCUT2D eigenvalue weighted by atomic mass is 9.83. The van der Waals surface area contributed by atoms with E-state index in [2.05, 4.69) is 27.5 Å². The fourth-order valence-electron chi connectivity index (χ4n) is 3.28. The number of nitrogens with zero attached hydrogens (tertiary/aromatic N) is 1. The van der Waals surface area contributed by atoms with Crippen LogP contribution in [0, 0.1) is 3.57 Å². The van der Waals surface area contributed by atoms with Crippen molar-refractivity contribution in [1.82, 2.24) is 4.90 Å². The van der Waals surface area contributed by atoms with Gasteiger partial charge in [0.05, 0.1) is 13.2 Å². The normalized spacial score (nSPS) is 17.5. The number of ketones is 2. The lowest BCUT2D eigenvalue weighted by molar-refractivity contribution is 0.0341. The summed E-state index contributed by atoms with van der Waals surface area (Å²) in [5, 5.41) is 0. The Kier molecular flexibility index (Phi) is 4.24. The van der Waals surface area contributed by atoms with Crippen LogP contribution in [0.15, 0.2) is 36.4 Å². The van der Waals surface area contributed by atoms with Gasteiger partial charge in [0.15, 0.2) is 11.6 Å². The highest BCUT2D eigenvalue weighted by Gasteiger charge is 2.30. The Morgan fingerprint density at radius 2 is 1.50 bits per heavy atom. The van der Waals surface area contributed by atoms with Crippen molar-refractivity contribution in [3.8, 4) is 0 Å². The Labute approximate surface area is 153 Å². The van der Waals surface area contributed by atoms with Gasteiger partial charge < -0.3 is 4.74 Å². The van der Waals surface area contributed by atoms with Gasteiger partial charge in [0.1, 0.15) is 0 Å². The summed E-state index contributed by atoms with van der Waals surface area (Å²) in [5.41, 5.74) is 3.16. The van der Waals surface area contributed by atoms with Crippen LogP contribution in [-0.4, -0.2) is 42.8 Å². The molecule has 0 spiro atoms. The first-order valence-corrected chi connectivity index (χ1v) is 9.04. The van der Waals surface area contributed by atoms with Gasteiger partial charge in [-0.3, -0.25) is 14.5 Å². The minimum Gasteiger partial charge on any atom is -0.379 e. The van der Waals surface area contributed by atoms with Gasteiger partial charge in [-0.1, -0.05) is 24.3 Å². The summed E-state index contributed by atoms with van der Waals surface area (Å²) >= 11 is 2.26. The molecule has 0 bridgehead atoms. The fraction of sp³-hybridized carbons (Fsp3) is 0.263. The third kappa shape index (κ3) is 2.70. The molecule has 0 N–H and O–H groups in total. The van der Waals surface area contributed by atoms with Gasteiger partial charge in [-0.05, 0) is 40.3 Å². The van der Waals surface area contributed by atoms with Crippen LogP contribution in [0.2, 0.25) is 0 Å². The number of halogens is 1. The Morgan fingerprint density at radius 1 is 0.917 bits per heavy atom. The summed E-state index contributed by atoms with van der Waals surface area (Å²) in [4.78, 5) is 27.9. The number of carbonyl (C=O) groups excluding carboxylic acids is 2. The molecule has 122 valence electrons. The van der Waals surface area contributed by atoms with E-state index in [1.165, 1.54) is 0 Å². The molecule has 1 aliphatic heterocycles. The Morgan fingerprint density at radius 3 is 2.12 bits per heavy atom. The standard InChI is InChI=1S/C19H16INO3/c20-17-10-16-15(9-12(17)11-21-5-7-24-8-6-21)18(22)13-3-1-2-4-14(13)19(16)23/h1-4,9-10H,5-8,11H2. The summed E-state index contributed by atoms with van der Waals surface area (Å²) < 4.78 is 6.41. The number of carbonyl (C=O) groups is 2. The second-order valence-corrected chi connectivity index (χ2v) is 7.24. The molecule has 1 aliphatic carbocycles. The summed E-state index contributed by atoms with van der Waals surface area (Å²) in [7, 11) is 0. The molecule has 2 aromatic carbocycles. The zero-order valence-electron chi connectivity index (χ0n) is 13.0. The number of hydrogen-bond acceptors (Lipinski definition) is 4. The summed E-state index contributed by atoms with van der Waals surface area (Å²) in [6, 6.07) is 10.8. The molecule has 0 radical (unpaired) electrons. The van der Waals surface area contributed by atoms with E-state index in [0.29, 0.717) is 22.3 Å². The van der Waals surface area contributed by atoms with Crippen LogP contribution in [0.4, 0.5) is 0 Å². The lowest BCUT2D eigenvalue weighted by Gasteiger charge is -2.27. The van der Waals surface area contributed by atoms with Gasteiger partial charge in [0.25, 0.3) is 0 Å². The maximum Gasteiger partial charge on any atom is 0.194 e. The fourth-order valence-corrected chi connectivity index (χ4v) is 3.92. The smallest absolute Gasteiger partial charge is 0.194 e. The van der Waals surface area contributed by atoms with Crippen molar-refractivity contribution in [2.24, 2.45) is 0 Å². The molecular weight excluding hydrogens is 417 g/mol. The third-order valence-electron chi connectivity index (χ3n) is 4.59. The van der Waals surface area contributed by atoms with Gasteiger partial charge in [-0.25, -0.2) is 0 Å². The lowest BCUT2D eigenvalue weighted by Crippen LogP contribution is -2.36. The molecule has 24 heavy (non-hydrogen) atoms. The second-order valence-electron chi connectivity index (χ2n) is 6.08. The molecular formula is C19H16INO3. The molecule has 1 saturated heterocycles. The third-order valence-corrected chi connectivity index (χ3v) is 5.59. The summed E-state index contributed by atoms with van der Waals surface area (Å²) in [6.07, 6.45) is 0. The van der Waals surface area contributed by atoms with Crippen LogP contribution in [-0.2, 0) is 11.3 Å². The Balaban J connectivity index is 1.74. The van der Waals surface area contributed by atoms with Gasteiger partial charge in [-0.15, -0.1) is 0 Å². The second kappa shape index (κ2) is 6.38. The number of rotatable bonds is 2. The van der Waals surface area contributed by atoms with Gasteiger partial charge in [0, 0.05) is 45.5 Å². The van der Waals surface area contributed by atoms with Crippen molar-refractivity contribution in [3.05, 3.63) is 67.8 Å². The predicted molar refractivity (Wildman–Crippen MR) is 98.6 cm³/mol. The zero-order chi connectivity index (χ0) is 16.7. The summed E-state index contributed by atoms with van der Waals surface area (Å²) in [6.45, 7) is 4.04. The molecule has 0 unspecified atom stereocenters. The van der Waals surface area contributed by atoms with Crippen molar-refractivity contribution in [2.75, 3.05) is 26.3 Å². The number of fused-ring (bicyclic) bond motifs is 2. The number of ether oxygens (including phenoxy) is 1. The van der Waals surface area contributed by atoms with E-state index in [1.54, 1.807) is 24.3 Å². The molecule has 5 heteroatoms. The molecule has 2 aliphatic rings. The van der Waals surface area contributed by atoms with Crippen LogP contribution in [0.25, 0.3) is 0 Å². The van der Waals surface area contributed by atoms with Crippen molar-refractivity contribution in [3.63, 3.8) is 0 Å². The van der Waals surface area contributed by atoms with Crippen molar-refractivity contribution in [1.29, 1.82) is 0 Å². The van der Waals surface area contributed by atoms with Crippen molar-refractivity contribution in [2.45, 2.75) is 6.54 Å². The van der Waals surface area contributed by atoms with E-state index < -0.39 is 0 Å². The summed E-state index contributed by atoms with van der Waals surface area (Å²) in [5.74, 6) is -0.115. The number of morpholine rings is 1. The average molecular weight is 433 g/mol. The molecule has 0 atom stereocenters. The van der Waals surface area contributed by atoms with Gasteiger partial charge in [-0.2, -0.15) is 0 Å². The monoisotopic (exact) mass is 433 g/mol. The quantitative estimate of drug-likeness (QED) is 0.584. The van der Waals surface area contributed by atoms with E-state index in [4.69, 9.17) is 4.74 Å². The van der Waals surface area contributed by atoms with E-state index in [1.807, 2.05) is 12.1 Å². The maximum atomic E-state index is 12.8. The highest BCUT2D eigenvalue weighted by Crippen LogP contribution is 2.30. The van der Waals surface area contributed by atoms with Crippen LogP contribution in [0.5, 0.6) is 0 Å². The van der Waals surface area contributed by atoms with Crippen LogP contribution >= 0.6 is 22.6 Å². The van der Waals surface area contributed by atoms with Crippen LogP contribution < -0.4 is 0 Å². The first-order valence-electron chi connectivity index (χ1n) is 7.96. The van der Waals surface area contributed by atoms with E-state index >= 15 is 0 Å². The van der Waals surface area contributed by atoms with Crippen molar-refractivity contribution >= 4 is 34.2 Å². The van der Waals surface area contributed by atoms with Crippen LogP contribution in [0.1, 0.15) is 37.4 Å².